The van der Waals surface area contributed by atoms with Crippen LogP contribution in [0.15, 0.2) is 17.8 Å². The maximum Gasteiger partial charge on any atom is 0.336 e. The first-order chi connectivity index (χ1) is 10.1. The Bertz CT molecular complexity index is 613. The molecule has 2 heterocycles. The van der Waals surface area contributed by atoms with Crippen LogP contribution < -0.4 is 5.32 Å². The molecule has 0 amide bonds. The molecule has 6 nitrogen and oxygen atoms in total. The SMILES string of the molecule is CCOC(=O)C1=C(CC(=O)CO)c2cc(Cl)cnc2NC1. The zero-order valence-electron chi connectivity index (χ0n) is 11.5. The van der Waals surface area contributed by atoms with E-state index in [4.69, 9.17) is 21.4 Å². The fourth-order valence-corrected chi connectivity index (χ4v) is 2.28. The van der Waals surface area contributed by atoms with E-state index in [-0.39, 0.29) is 25.4 Å². The van der Waals surface area contributed by atoms with E-state index < -0.39 is 12.6 Å². The van der Waals surface area contributed by atoms with Crippen LogP contribution in [0, 0.1) is 0 Å². The van der Waals surface area contributed by atoms with Crippen LogP contribution in [-0.2, 0) is 14.3 Å². The van der Waals surface area contributed by atoms with Crippen molar-refractivity contribution in [1.29, 1.82) is 0 Å². The first kappa shape index (κ1) is 15.5. The van der Waals surface area contributed by atoms with Crippen LogP contribution in [0.3, 0.4) is 0 Å². The van der Waals surface area contributed by atoms with Gasteiger partial charge < -0.3 is 15.2 Å². The number of allylic oxidation sites excluding steroid dienone is 1. The monoisotopic (exact) mass is 310 g/mol. The molecule has 0 saturated carbocycles. The number of nitrogens with zero attached hydrogens (tertiary/aromatic N) is 1. The number of aliphatic hydroxyl groups is 1. The third-order valence-electron chi connectivity index (χ3n) is 3.05. The number of aliphatic hydroxyl groups excluding tert-OH is 1. The van der Waals surface area contributed by atoms with Crippen molar-refractivity contribution in [3.05, 3.63) is 28.4 Å². The molecule has 0 aliphatic carbocycles. The van der Waals surface area contributed by atoms with Crippen molar-refractivity contribution in [2.75, 3.05) is 25.1 Å². The summed E-state index contributed by atoms with van der Waals surface area (Å²) in [5.41, 5.74) is 1.44. The number of anilines is 1. The van der Waals surface area contributed by atoms with Gasteiger partial charge in [-0.2, -0.15) is 0 Å². The number of esters is 1. The number of halogens is 1. The molecule has 1 aliphatic heterocycles. The van der Waals surface area contributed by atoms with Crippen LogP contribution in [0.25, 0.3) is 5.57 Å². The molecule has 0 atom stereocenters. The summed E-state index contributed by atoms with van der Waals surface area (Å²) in [6.45, 7) is 1.58. The van der Waals surface area contributed by atoms with Crippen LogP contribution in [0.5, 0.6) is 0 Å². The van der Waals surface area contributed by atoms with Gasteiger partial charge in [0.1, 0.15) is 12.4 Å². The predicted octanol–water partition coefficient (Wildman–Crippen LogP) is 1.43. The number of carbonyl (C=O) groups excluding carboxylic acids is 2. The Morgan fingerprint density at radius 3 is 2.95 bits per heavy atom. The van der Waals surface area contributed by atoms with Gasteiger partial charge in [0.25, 0.3) is 0 Å². The van der Waals surface area contributed by atoms with E-state index in [9.17, 15) is 9.59 Å². The maximum absolute atomic E-state index is 12.0. The van der Waals surface area contributed by atoms with E-state index in [0.29, 0.717) is 27.6 Å². The normalized spacial score (nSPS) is 13.5. The second-order valence-corrected chi connectivity index (χ2v) is 4.89. The van der Waals surface area contributed by atoms with Gasteiger partial charge in [0.05, 0.1) is 17.2 Å². The molecule has 0 bridgehead atoms. The highest BCUT2D eigenvalue weighted by Crippen LogP contribution is 2.34. The molecule has 0 saturated heterocycles. The van der Waals surface area contributed by atoms with E-state index >= 15 is 0 Å². The van der Waals surface area contributed by atoms with Crippen molar-refractivity contribution in [2.45, 2.75) is 13.3 Å². The summed E-state index contributed by atoms with van der Waals surface area (Å²) < 4.78 is 5.01. The number of aromatic nitrogens is 1. The average molecular weight is 311 g/mol. The van der Waals surface area contributed by atoms with E-state index in [1.807, 2.05) is 0 Å². The topological polar surface area (TPSA) is 88.5 Å². The molecule has 7 heteroatoms. The second kappa shape index (κ2) is 6.69. The lowest BCUT2D eigenvalue weighted by molar-refractivity contribution is -0.138. The minimum atomic E-state index is -0.587. The van der Waals surface area contributed by atoms with Crippen LogP contribution >= 0.6 is 11.6 Å². The molecule has 1 aliphatic rings. The number of hydrogen-bond acceptors (Lipinski definition) is 6. The molecular formula is C14H15ClN2O4. The van der Waals surface area contributed by atoms with Crippen LogP contribution in [-0.4, -0.2) is 41.6 Å². The zero-order valence-corrected chi connectivity index (χ0v) is 12.2. The average Bonchev–Trinajstić information content (AvgIpc) is 2.47. The van der Waals surface area contributed by atoms with E-state index in [0.717, 1.165) is 0 Å². The van der Waals surface area contributed by atoms with E-state index in [1.54, 1.807) is 13.0 Å². The van der Waals surface area contributed by atoms with Gasteiger partial charge >= 0.3 is 5.97 Å². The molecule has 0 unspecified atom stereocenters. The number of ketones is 1. The molecular weight excluding hydrogens is 296 g/mol. The Morgan fingerprint density at radius 1 is 1.52 bits per heavy atom. The summed E-state index contributed by atoms with van der Waals surface area (Å²) >= 11 is 5.94. The molecule has 2 N–H and O–H groups in total. The first-order valence-electron chi connectivity index (χ1n) is 6.48. The highest BCUT2D eigenvalue weighted by Gasteiger charge is 2.26. The summed E-state index contributed by atoms with van der Waals surface area (Å²) in [5, 5.41) is 12.3. The second-order valence-electron chi connectivity index (χ2n) is 4.45. The third-order valence-corrected chi connectivity index (χ3v) is 3.26. The highest BCUT2D eigenvalue weighted by atomic mass is 35.5. The van der Waals surface area contributed by atoms with Crippen LogP contribution in [0.1, 0.15) is 18.9 Å². The fraction of sp³-hybridized carbons (Fsp3) is 0.357. The Morgan fingerprint density at radius 2 is 2.29 bits per heavy atom. The lowest BCUT2D eigenvalue weighted by Crippen LogP contribution is -2.24. The van der Waals surface area contributed by atoms with E-state index in [2.05, 4.69) is 10.3 Å². The standard InChI is InChI=1S/C14H15ClN2O4/c1-2-21-14(20)12-6-17-13-11(3-8(15)5-16-13)10(12)4-9(19)7-18/h3,5,18H,2,4,6-7H2,1H3,(H,16,17). The van der Waals surface area contributed by atoms with Gasteiger partial charge in [-0.25, -0.2) is 9.78 Å². The number of hydrogen-bond donors (Lipinski definition) is 2. The Kier molecular flexibility index (Phi) is 4.93. The number of rotatable bonds is 5. The molecule has 112 valence electrons. The molecule has 0 aromatic carbocycles. The number of carbonyl (C=O) groups is 2. The van der Waals surface area contributed by atoms with Gasteiger partial charge in [-0.05, 0) is 18.6 Å². The summed E-state index contributed by atoms with van der Waals surface area (Å²) in [4.78, 5) is 27.8. The minimum absolute atomic E-state index is 0.0681. The zero-order chi connectivity index (χ0) is 15.4. The summed E-state index contributed by atoms with van der Waals surface area (Å²) in [6.07, 6.45) is 1.41. The van der Waals surface area contributed by atoms with Gasteiger partial charge in [0.2, 0.25) is 0 Å². The summed E-state index contributed by atoms with van der Waals surface area (Å²) in [5.74, 6) is -0.329. The first-order valence-corrected chi connectivity index (χ1v) is 6.86. The summed E-state index contributed by atoms with van der Waals surface area (Å²) in [7, 11) is 0. The van der Waals surface area contributed by atoms with Crippen molar-refractivity contribution in [1.82, 2.24) is 4.98 Å². The lowest BCUT2D eigenvalue weighted by Gasteiger charge is -2.23. The lowest BCUT2D eigenvalue weighted by atomic mass is 9.93. The Hall–Kier alpha value is -1.92. The van der Waals surface area contributed by atoms with Gasteiger partial charge in [-0.3, -0.25) is 4.79 Å². The van der Waals surface area contributed by atoms with Gasteiger partial charge in [0.15, 0.2) is 5.78 Å². The fourth-order valence-electron chi connectivity index (χ4n) is 2.12. The molecule has 1 aromatic rings. The predicted molar refractivity (Wildman–Crippen MR) is 78.0 cm³/mol. The molecule has 0 radical (unpaired) electrons. The number of nitrogens with one attached hydrogen (secondary N) is 1. The quantitative estimate of drug-likeness (QED) is 0.800. The number of fused-ring (bicyclic) bond motifs is 1. The third kappa shape index (κ3) is 3.40. The molecule has 0 spiro atoms. The maximum atomic E-state index is 12.0. The van der Waals surface area contributed by atoms with Crippen molar-refractivity contribution in [3.63, 3.8) is 0 Å². The number of Topliss-reactive ketones (excluding diaryl/α,β-unsaturated/α-hetero) is 1. The molecule has 2 rings (SSSR count). The Balaban J connectivity index is 2.50. The van der Waals surface area contributed by atoms with E-state index in [1.165, 1.54) is 6.20 Å². The smallest absolute Gasteiger partial charge is 0.336 e. The van der Waals surface area contributed by atoms with Gasteiger partial charge in [-0.1, -0.05) is 11.6 Å². The van der Waals surface area contributed by atoms with Crippen LogP contribution in [0.2, 0.25) is 5.02 Å². The summed E-state index contributed by atoms with van der Waals surface area (Å²) in [6, 6.07) is 1.63. The molecule has 0 fully saturated rings. The van der Waals surface area contributed by atoms with Crippen molar-refractivity contribution < 1.29 is 19.4 Å². The molecule has 1 aromatic heterocycles. The largest absolute Gasteiger partial charge is 0.463 e. The van der Waals surface area contributed by atoms with Crippen LogP contribution in [0.4, 0.5) is 5.82 Å². The number of ether oxygens (including phenoxy) is 1. The minimum Gasteiger partial charge on any atom is -0.463 e. The molecule has 21 heavy (non-hydrogen) atoms. The van der Waals surface area contributed by atoms with Gasteiger partial charge in [-0.15, -0.1) is 0 Å². The number of pyridine rings is 1. The van der Waals surface area contributed by atoms with Crippen molar-refractivity contribution in [3.8, 4) is 0 Å². The van der Waals surface area contributed by atoms with Gasteiger partial charge in [0, 0.05) is 24.7 Å². The van der Waals surface area contributed by atoms with Crippen molar-refractivity contribution >= 4 is 34.7 Å². The Labute approximate surface area is 126 Å². The highest BCUT2D eigenvalue weighted by molar-refractivity contribution is 6.30. The van der Waals surface area contributed by atoms with Crippen molar-refractivity contribution in [2.24, 2.45) is 0 Å².